The number of carbonyl (C=O) groups excluding carboxylic acids is 1. The summed E-state index contributed by atoms with van der Waals surface area (Å²) in [6.45, 7) is 0.0929. The first kappa shape index (κ1) is 19.0. The maximum atomic E-state index is 12.0. The molecule has 2 heterocycles. The molecule has 3 N–H and O–H groups in total. The number of amides is 1. The monoisotopic (exact) mass is 420 g/mol. The minimum atomic E-state index is -3.71. The summed E-state index contributed by atoms with van der Waals surface area (Å²) in [7, 11) is -3.71. The molecule has 9 heteroatoms. The first-order chi connectivity index (χ1) is 13.4. The van der Waals surface area contributed by atoms with Crippen LogP contribution in [-0.4, -0.2) is 20.9 Å². The minimum absolute atomic E-state index is 0.0738. The summed E-state index contributed by atoms with van der Waals surface area (Å²) in [5, 5.41) is 8.85. The van der Waals surface area contributed by atoms with E-state index in [-0.39, 0.29) is 23.3 Å². The van der Waals surface area contributed by atoms with Gasteiger partial charge in [0.2, 0.25) is 10.0 Å². The molecule has 3 aromatic rings. The average Bonchev–Trinajstić information content (AvgIpc) is 3.29. The zero-order chi connectivity index (χ0) is 19.7. The summed E-state index contributed by atoms with van der Waals surface area (Å²) in [6, 6.07) is 8.65. The summed E-state index contributed by atoms with van der Waals surface area (Å²) in [4.78, 5) is 12.7. The number of hydrogen-bond acceptors (Lipinski definition) is 6. The van der Waals surface area contributed by atoms with Crippen LogP contribution >= 0.6 is 11.3 Å². The van der Waals surface area contributed by atoms with E-state index in [9.17, 15) is 13.2 Å². The van der Waals surface area contributed by atoms with Crippen molar-refractivity contribution in [3.8, 4) is 5.75 Å². The topological polar surface area (TPSA) is 112 Å². The Hall–Kier alpha value is -2.36. The lowest BCUT2D eigenvalue weighted by atomic mass is 9.96. The second kappa shape index (κ2) is 7.57. The predicted octanol–water partition coefficient (Wildman–Crippen LogP) is 2.72. The zero-order valence-electron chi connectivity index (χ0n) is 15.1. The van der Waals surface area contributed by atoms with Gasteiger partial charge in [-0.25, -0.2) is 13.6 Å². The molecule has 0 atom stereocenters. The number of fused-ring (bicyclic) bond motifs is 3. The molecular formula is C19H20N2O5S2. The van der Waals surface area contributed by atoms with E-state index in [1.807, 2.05) is 12.1 Å². The van der Waals surface area contributed by atoms with E-state index in [1.54, 1.807) is 12.1 Å². The molecule has 0 bridgehead atoms. The molecule has 0 fully saturated rings. The lowest BCUT2D eigenvalue weighted by Gasteiger charge is -2.09. The van der Waals surface area contributed by atoms with Gasteiger partial charge in [-0.1, -0.05) is 0 Å². The van der Waals surface area contributed by atoms with Crippen molar-refractivity contribution in [2.24, 2.45) is 5.14 Å². The van der Waals surface area contributed by atoms with Gasteiger partial charge in [-0.3, -0.25) is 4.79 Å². The number of hydrogen-bond donors (Lipinski definition) is 2. The van der Waals surface area contributed by atoms with Gasteiger partial charge < -0.3 is 14.5 Å². The standard InChI is InChI=1S/C19H20N2O5S2/c20-28(23,24)19-8-6-13(27-19)10-21-18(22)11-25-12-5-7-17-15(9-12)14-3-1-2-4-16(14)26-17/h5-9H,1-4,10-11H2,(H,21,22)(H2,20,23,24). The van der Waals surface area contributed by atoms with Gasteiger partial charge >= 0.3 is 0 Å². The number of thiophene rings is 1. The molecule has 0 radical (unpaired) electrons. The van der Waals surface area contributed by atoms with Gasteiger partial charge in [0, 0.05) is 22.2 Å². The van der Waals surface area contributed by atoms with Crippen molar-refractivity contribution < 1.29 is 22.4 Å². The Balaban J connectivity index is 1.35. The summed E-state index contributed by atoms with van der Waals surface area (Å²) in [5.41, 5.74) is 2.10. The Labute approximate surface area is 166 Å². The first-order valence-corrected chi connectivity index (χ1v) is 11.3. The third-order valence-corrected chi connectivity index (χ3v) is 7.20. The number of ether oxygens (including phenoxy) is 1. The van der Waals surface area contributed by atoms with Crippen molar-refractivity contribution in [1.29, 1.82) is 0 Å². The third kappa shape index (κ3) is 4.06. The van der Waals surface area contributed by atoms with Crippen LogP contribution in [-0.2, 0) is 34.2 Å². The van der Waals surface area contributed by atoms with Crippen molar-refractivity contribution in [3.63, 3.8) is 0 Å². The third-order valence-electron chi connectivity index (χ3n) is 4.67. The van der Waals surface area contributed by atoms with Gasteiger partial charge in [-0.2, -0.15) is 0 Å². The van der Waals surface area contributed by atoms with E-state index in [1.165, 1.54) is 11.6 Å². The Bertz CT molecular complexity index is 1130. The van der Waals surface area contributed by atoms with Crippen LogP contribution in [0.1, 0.15) is 29.0 Å². The van der Waals surface area contributed by atoms with Crippen LogP contribution in [0.2, 0.25) is 0 Å². The van der Waals surface area contributed by atoms with Gasteiger partial charge in [0.05, 0.1) is 6.54 Å². The lowest BCUT2D eigenvalue weighted by Crippen LogP contribution is -2.28. The van der Waals surface area contributed by atoms with Crippen LogP contribution < -0.4 is 15.2 Å². The molecule has 0 spiro atoms. The molecule has 0 saturated heterocycles. The van der Waals surface area contributed by atoms with Gasteiger partial charge in [-0.05, 0) is 49.6 Å². The quantitative estimate of drug-likeness (QED) is 0.637. The maximum Gasteiger partial charge on any atom is 0.258 e. The zero-order valence-corrected chi connectivity index (χ0v) is 16.7. The van der Waals surface area contributed by atoms with Crippen LogP contribution in [0.4, 0.5) is 0 Å². The van der Waals surface area contributed by atoms with Crippen LogP contribution in [0.25, 0.3) is 11.0 Å². The molecule has 0 aliphatic heterocycles. The Kier molecular flexibility index (Phi) is 5.13. The fourth-order valence-corrected chi connectivity index (χ4v) is 5.04. The molecule has 28 heavy (non-hydrogen) atoms. The van der Waals surface area contributed by atoms with Crippen LogP contribution in [0.15, 0.2) is 39.0 Å². The fraction of sp³-hybridized carbons (Fsp3) is 0.316. The molecule has 1 aromatic carbocycles. The normalized spacial score (nSPS) is 14.0. The number of carbonyl (C=O) groups is 1. The van der Waals surface area contributed by atoms with Crippen molar-refractivity contribution in [2.45, 2.75) is 36.4 Å². The van der Waals surface area contributed by atoms with E-state index in [2.05, 4.69) is 5.32 Å². The smallest absolute Gasteiger partial charge is 0.258 e. The predicted molar refractivity (Wildman–Crippen MR) is 106 cm³/mol. The van der Waals surface area contributed by atoms with Gasteiger partial charge in [0.1, 0.15) is 21.3 Å². The maximum absolute atomic E-state index is 12.0. The number of nitrogens with two attached hydrogens (primary N) is 1. The molecular weight excluding hydrogens is 400 g/mol. The molecule has 148 valence electrons. The minimum Gasteiger partial charge on any atom is -0.484 e. The number of nitrogens with one attached hydrogen (secondary N) is 1. The lowest BCUT2D eigenvalue weighted by molar-refractivity contribution is -0.123. The van der Waals surface area contributed by atoms with E-state index < -0.39 is 10.0 Å². The molecule has 0 saturated carbocycles. The molecule has 1 aliphatic rings. The molecule has 1 amide bonds. The number of aryl methyl sites for hydroxylation is 2. The highest BCUT2D eigenvalue weighted by Gasteiger charge is 2.18. The molecule has 2 aromatic heterocycles. The Morgan fingerprint density at radius 1 is 1.21 bits per heavy atom. The summed E-state index contributed by atoms with van der Waals surface area (Å²) in [5.74, 6) is 1.38. The van der Waals surface area contributed by atoms with E-state index in [0.29, 0.717) is 10.6 Å². The summed E-state index contributed by atoms with van der Waals surface area (Å²) >= 11 is 1.03. The molecule has 1 aliphatic carbocycles. The van der Waals surface area contributed by atoms with Gasteiger partial charge in [0.15, 0.2) is 6.61 Å². The first-order valence-electron chi connectivity index (χ1n) is 8.95. The highest BCUT2D eigenvalue weighted by molar-refractivity contribution is 7.91. The second-order valence-electron chi connectivity index (χ2n) is 6.70. The Morgan fingerprint density at radius 3 is 2.82 bits per heavy atom. The van der Waals surface area contributed by atoms with Crippen molar-refractivity contribution in [1.82, 2.24) is 5.32 Å². The van der Waals surface area contributed by atoms with Gasteiger partial charge in [0.25, 0.3) is 5.91 Å². The number of benzene rings is 1. The number of sulfonamides is 1. The van der Waals surface area contributed by atoms with E-state index in [0.717, 1.165) is 53.7 Å². The van der Waals surface area contributed by atoms with Crippen molar-refractivity contribution >= 4 is 38.2 Å². The van der Waals surface area contributed by atoms with Gasteiger partial charge in [-0.15, -0.1) is 11.3 Å². The second-order valence-corrected chi connectivity index (χ2v) is 9.66. The highest BCUT2D eigenvalue weighted by atomic mass is 32.2. The molecule has 7 nitrogen and oxygen atoms in total. The number of rotatable bonds is 6. The van der Waals surface area contributed by atoms with Crippen LogP contribution in [0, 0.1) is 0 Å². The molecule has 4 rings (SSSR count). The van der Waals surface area contributed by atoms with Crippen molar-refractivity contribution in [2.75, 3.05) is 6.61 Å². The van der Waals surface area contributed by atoms with E-state index >= 15 is 0 Å². The highest BCUT2D eigenvalue weighted by Crippen LogP contribution is 2.33. The summed E-state index contributed by atoms with van der Waals surface area (Å²) in [6.07, 6.45) is 4.29. The van der Waals surface area contributed by atoms with Crippen LogP contribution in [0.3, 0.4) is 0 Å². The molecule has 0 unspecified atom stereocenters. The van der Waals surface area contributed by atoms with Crippen LogP contribution in [0.5, 0.6) is 5.75 Å². The van der Waals surface area contributed by atoms with E-state index in [4.69, 9.17) is 14.3 Å². The number of furan rings is 1. The largest absolute Gasteiger partial charge is 0.484 e. The fourth-order valence-electron chi connectivity index (χ4n) is 3.32. The Morgan fingerprint density at radius 2 is 2.04 bits per heavy atom. The SMILES string of the molecule is NS(=O)(=O)c1ccc(CNC(=O)COc2ccc3oc4c(c3c2)CCCC4)s1. The van der Waals surface area contributed by atoms with Crippen molar-refractivity contribution in [3.05, 3.63) is 46.5 Å². The summed E-state index contributed by atoms with van der Waals surface area (Å²) < 4.78 is 34.2. The number of primary sulfonamides is 1. The average molecular weight is 421 g/mol.